The Morgan fingerprint density at radius 1 is 1.28 bits per heavy atom. The van der Waals surface area contributed by atoms with Gasteiger partial charge in [0.25, 0.3) is 11.6 Å². The molecule has 1 unspecified atom stereocenters. The summed E-state index contributed by atoms with van der Waals surface area (Å²) >= 11 is 0. The number of H-pyrrole nitrogens is 1. The van der Waals surface area contributed by atoms with E-state index < -0.39 is 16.9 Å². The second-order valence-electron chi connectivity index (χ2n) is 5.61. The molecule has 0 spiro atoms. The maximum atomic E-state index is 12.3. The largest absolute Gasteiger partial charge is 0.391 e. The van der Waals surface area contributed by atoms with Crippen molar-refractivity contribution in [1.29, 1.82) is 0 Å². The van der Waals surface area contributed by atoms with E-state index in [0.717, 1.165) is 5.56 Å². The summed E-state index contributed by atoms with van der Waals surface area (Å²) in [4.78, 5) is 22.6. The Balaban J connectivity index is 1.68. The van der Waals surface area contributed by atoms with Crippen molar-refractivity contribution in [3.8, 4) is 0 Å². The van der Waals surface area contributed by atoms with E-state index in [9.17, 15) is 20.0 Å². The summed E-state index contributed by atoms with van der Waals surface area (Å²) in [7, 11) is 0. The van der Waals surface area contributed by atoms with Gasteiger partial charge in [-0.05, 0) is 11.6 Å². The van der Waals surface area contributed by atoms with Crippen molar-refractivity contribution in [3.05, 3.63) is 69.9 Å². The SMILES string of the molecule is O=C(NCC(O)Cc1ccccc1)c1n[nH]c2ccc([N+](=O)[O-])cc12. The molecule has 8 nitrogen and oxygen atoms in total. The Kier molecular flexibility index (Phi) is 4.71. The number of nitrogens with one attached hydrogen (secondary N) is 2. The van der Waals surface area contributed by atoms with Crippen LogP contribution >= 0.6 is 0 Å². The number of benzene rings is 2. The Labute approximate surface area is 142 Å². The van der Waals surface area contributed by atoms with Gasteiger partial charge in [-0.15, -0.1) is 0 Å². The van der Waals surface area contributed by atoms with Gasteiger partial charge in [0.15, 0.2) is 5.69 Å². The van der Waals surface area contributed by atoms with Gasteiger partial charge in [-0.1, -0.05) is 30.3 Å². The Morgan fingerprint density at radius 3 is 2.76 bits per heavy atom. The maximum Gasteiger partial charge on any atom is 0.272 e. The highest BCUT2D eigenvalue weighted by atomic mass is 16.6. The maximum absolute atomic E-state index is 12.3. The van der Waals surface area contributed by atoms with E-state index in [1.54, 1.807) is 0 Å². The molecule has 0 aliphatic rings. The lowest BCUT2D eigenvalue weighted by molar-refractivity contribution is -0.384. The summed E-state index contributed by atoms with van der Waals surface area (Å²) in [6.45, 7) is 0.0526. The van der Waals surface area contributed by atoms with Crippen molar-refractivity contribution in [2.24, 2.45) is 0 Å². The molecule has 0 aliphatic heterocycles. The summed E-state index contributed by atoms with van der Waals surface area (Å²) in [5.41, 5.74) is 1.43. The fourth-order valence-electron chi connectivity index (χ4n) is 2.54. The second-order valence-corrected chi connectivity index (χ2v) is 5.61. The van der Waals surface area contributed by atoms with Crippen molar-refractivity contribution >= 4 is 22.5 Å². The molecule has 128 valence electrons. The zero-order chi connectivity index (χ0) is 17.8. The number of nitrogens with zero attached hydrogens (tertiary/aromatic N) is 2. The number of amides is 1. The third-order valence-electron chi connectivity index (χ3n) is 3.78. The standard InChI is InChI=1S/C17H16N4O4/c22-13(8-11-4-2-1-3-5-11)10-18-17(23)16-14-9-12(21(24)25)6-7-15(14)19-20-16/h1-7,9,13,22H,8,10H2,(H,18,23)(H,19,20). The van der Waals surface area contributed by atoms with Crippen molar-refractivity contribution in [3.63, 3.8) is 0 Å². The van der Waals surface area contributed by atoms with Crippen LogP contribution in [0.1, 0.15) is 16.1 Å². The molecule has 1 amide bonds. The highest BCUT2D eigenvalue weighted by molar-refractivity contribution is 6.05. The molecule has 25 heavy (non-hydrogen) atoms. The number of non-ortho nitro benzene ring substituents is 1. The predicted octanol–water partition coefficient (Wildman–Crippen LogP) is 1.80. The average Bonchev–Trinajstić information content (AvgIpc) is 3.03. The minimum absolute atomic E-state index is 0.0526. The van der Waals surface area contributed by atoms with Gasteiger partial charge in [0.05, 0.1) is 16.5 Å². The molecular weight excluding hydrogens is 324 g/mol. The number of carbonyl (C=O) groups excluding carboxylic acids is 1. The van der Waals surface area contributed by atoms with Gasteiger partial charge < -0.3 is 10.4 Å². The van der Waals surface area contributed by atoms with Crippen molar-refractivity contribution < 1.29 is 14.8 Å². The summed E-state index contributed by atoms with van der Waals surface area (Å²) in [6.07, 6.45) is -0.334. The van der Waals surface area contributed by atoms with E-state index in [1.165, 1.54) is 18.2 Å². The number of aliphatic hydroxyl groups is 1. The number of hydrogen-bond donors (Lipinski definition) is 3. The first-order valence-corrected chi connectivity index (χ1v) is 7.67. The molecule has 1 aromatic heterocycles. The van der Waals surface area contributed by atoms with Crippen LogP contribution in [0.3, 0.4) is 0 Å². The van der Waals surface area contributed by atoms with Crippen LogP contribution in [0.4, 0.5) is 5.69 Å². The van der Waals surface area contributed by atoms with Crippen LogP contribution < -0.4 is 5.32 Å². The third kappa shape index (κ3) is 3.81. The quantitative estimate of drug-likeness (QED) is 0.467. The lowest BCUT2D eigenvalue weighted by Gasteiger charge is -2.11. The topological polar surface area (TPSA) is 121 Å². The number of aliphatic hydroxyl groups excluding tert-OH is 1. The summed E-state index contributed by atoms with van der Waals surface area (Å²) in [5.74, 6) is -0.501. The number of hydrogen-bond acceptors (Lipinski definition) is 5. The highest BCUT2D eigenvalue weighted by Gasteiger charge is 2.18. The number of aromatic nitrogens is 2. The fourth-order valence-corrected chi connectivity index (χ4v) is 2.54. The van der Waals surface area contributed by atoms with E-state index >= 15 is 0 Å². The molecule has 1 atom stereocenters. The average molecular weight is 340 g/mol. The van der Waals surface area contributed by atoms with Crippen LogP contribution in [0.5, 0.6) is 0 Å². The monoisotopic (exact) mass is 340 g/mol. The number of nitro benzene ring substituents is 1. The van der Waals surface area contributed by atoms with E-state index in [0.29, 0.717) is 17.3 Å². The fraction of sp³-hybridized carbons (Fsp3) is 0.176. The summed E-state index contributed by atoms with van der Waals surface area (Å²) in [6, 6.07) is 13.6. The minimum Gasteiger partial charge on any atom is -0.391 e. The first-order chi connectivity index (χ1) is 12.0. The highest BCUT2D eigenvalue weighted by Crippen LogP contribution is 2.22. The van der Waals surface area contributed by atoms with Crippen molar-refractivity contribution in [1.82, 2.24) is 15.5 Å². The molecule has 0 saturated heterocycles. The van der Waals surface area contributed by atoms with E-state index in [4.69, 9.17) is 0 Å². The van der Waals surface area contributed by atoms with Gasteiger partial charge in [0, 0.05) is 30.5 Å². The number of nitro groups is 1. The molecule has 2 aromatic carbocycles. The molecule has 1 heterocycles. The molecule has 8 heteroatoms. The third-order valence-corrected chi connectivity index (χ3v) is 3.78. The first kappa shape index (κ1) is 16.6. The van der Waals surface area contributed by atoms with Gasteiger partial charge in [-0.2, -0.15) is 5.10 Å². The van der Waals surface area contributed by atoms with E-state index in [1.807, 2.05) is 30.3 Å². The molecule has 0 saturated carbocycles. The van der Waals surface area contributed by atoms with Gasteiger partial charge in [-0.25, -0.2) is 0 Å². The zero-order valence-electron chi connectivity index (χ0n) is 13.2. The lowest BCUT2D eigenvalue weighted by Crippen LogP contribution is -2.33. The smallest absolute Gasteiger partial charge is 0.272 e. The lowest BCUT2D eigenvalue weighted by atomic mass is 10.1. The van der Waals surface area contributed by atoms with Crippen molar-refractivity contribution in [2.75, 3.05) is 6.54 Å². The van der Waals surface area contributed by atoms with E-state index in [2.05, 4.69) is 15.5 Å². The molecular formula is C17H16N4O4. The van der Waals surface area contributed by atoms with Crippen LogP contribution in [-0.4, -0.2) is 38.8 Å². The molecule has 0 radical (unpaired) electrons. The predicted molar refractivity (Wildman–Crippen MR) is 91.2 cm³/mol. The van der Waals surface area contributed by atoms with Crippen LogP contribution in [0.15, 0.2) is 48.5 Å². The number of fused-ring (bicyclic) bond motifs is 1. The van der Waals surface area contributed by atoms with Gasteiger partial charge in [0.1, 0.15) is 0 Å². The van der Waals surface area contributed by atoms with Crippen LogP contribution in [0.25, 0.3) is 10.9 Å². The minimum atomic E-state index is -0.745. The van der Waals surface area contributed by atoms with E-state index in [-0.39, 0.29) is 17.9 Å². The first-order valence-electron chi connectivity index (χ1n) is 7.67. The molecule has 0 bridgehead atoms. The Bertz CT molecular complexity index is 907. The molecule has 0 aliphatic carbocycles. The van der Waals surface area contributed by atoms with Gasteiger partial charge in [0.2, 0.25) is 0 Å². The van der Waals surface area contributed by atoms with Crippen molar-refractivity contribution in [2.45, 2.75) is 12.5 Å². The van der Waals surface area contributed by atoms with Crippen LogP contribution in [0, 0.1) is 10.1 Å². The second kappa shape index (κ2) is 7.10. The normalized spacial score (nSPS) is 12.0. The Morgan fingerprint density at radius 2 is 2.04 bits per heavy atom. The number of rotatable bonds is 6. The molecule has 3 aromatic rings. The van der Waals surface area contributed by atoms with Gasteiger partial charge in [-0.3, -0.25) is 20.0 Å². The molecule has 3 N–H and O–H groups in total. The summed E-state index contributed by atoms with van der Waals surface area (Å²) in [5, 5.41) is 30.5. The van der Waals surface area contributed by atoms with Gasteiger partial charge >= 0.3 is 0 Å². The zero-order valence-corrected chi connectivity index (χ0v) is 13.2. The summed E-state index contributed by atoms with van der Waals surface area (Å²) < 4.78 is 0. The van der Waals surface area contributed by atoms with Crippen LogP contribution in [-0.2, 0) is 6.42 Å². The molecule has 0 fully saturated rings. The number of aromatic amines is 1. The number of carbonyl (C=O) groups is 1. The van der Waals surface area contributed by atoms with Crippen LogP contribution in [0.2, 0.25) is 0 Å². The molecule has 3 rings (SSSR count). The Hall–Kier alpha value is -3.26.